The molecule has 0 spiro atoms. The van der Waals surface area contributed by atoms with Gasteiger partial charge in [-0.2, -0.15) is 0 Å². The van der Waals surface area contributed by atoms with Crippen LogP contribution in [0.5, 0.6) is 0 Å². The lowest BCUT2D eigenvalue weighted by atomic mass is 10.0. The quantitative estimate of drug-likeness (QED) is 0.847. The minimum atomic E-state index is -0.238. The average Bonchev–Trinajstić information content (AvgIpc) is 2.90. The standard InChI is InChI=1S/C16H20FNO2/c17-14-7-3-4-12(8-14)11-20-15-9-18(10-15)16(19)13-5-1-2-6-13/h3-4,7-8,13,15H,1-2,5-6,9-11H2. The first-order valence-electron chi connectivity index (χ1n) is 7.37. The lowest BCUT2D eigenvalue weighted by molar-refractivity contribution is -0.150. The van der Waals surface area contributed by atoms with E-state index in [2.05, 4.69) is 0 Å². The summed E-state index contributed by atoms with van der Waals surface area (Å²) < 4.78 is 18.7. The highest BCUT2D eigenvalue weighted by Gasteiger charge is 2.35. The van der Waals surface area contributed by atoms with E-state index in [0.717, 1.165) is 18.4 Å². The Hall–Kier alpha value is -1.42. The topological polar surface area (TPSA) is 29.5 Å². The molecule has 0 radical (unpaired) electrons. The maximum Gasteiger partial charge on any atom is 0.225 e. The number of nitrogens with zero attached hydrogens (tertiary/aromatic N) is 1. The molecule has 1 aromatic carbocycles. The summed E-state index contributed by atoms with van der Waals surface area (Å²) in [4.78, 5) is 14.0. The summed E-state index contributed by atoms with van der Waals surface area (Å²) in [7, 11) is 0. The molecule has 0 aromatic heterocycles. The molecule has 2 aliphatic rings. The second-order valence-corrected chi connectivity index (χ2v) is 5.79. The Morgan fingerprint density at radius 3 is 2.75 bits per heavy atom. The summed E-state index contributed by atoms with van der Waals surface area (Å²) in [6, 6.07) is 6.45. The van der Waals surface area contributed by atoms with Crippen molar-refractivity contribution in [2.24, 2.45) is 5.92 Å². The molecular weight excluding hydrogens is 257 g/mol. The van der Waals surface area contributed by atoms with E-state index in [4.69, 9.17) is 4.74 Å². The maximum atomic E-state index is 13.0. The van der Waals surface area contributed by atoms with Gasteiger partial charge in [-0.1, -0.05) is 25.0 Å². The summed E-state index contributed by atoms with van der Waals surface area (Å²) in [5.74, 6) is 0.310. The van der Waals surface area contributed by atoms with E-state index in [-0.39, 0.29) is 17.8 Å². The van der Waals surface area contributed by atoms with Crippen LogP contribution in [0.25, 0.3) is 0 Å². The smallest absolute Gasteiger partial charge is 0.225 e. The zero-order valence-corrected chi connectivity index (χ0v) is 11.6. The fourth-order valence-corrected chi connectivity index (χ4v) is 3.00. The number of carbonyl (C=O) groups excluding carboxylic acids is 1. The second-order valence-electron chi connectivity index (χ2n) is 5.79. The van der Waals surface area contributed by atoms with Crippen LogP contribution in [0.2, 0.25) is 0 Å². The van der Waals surface area contributed by atoms with Crippen molar-refractivity contribution in [2.45, 2.75) is 38.4 Å². The third kappa shape index (κ3) is 3.01. The zero-order chi connectivity index (χ0) is 13.9. The molecule has 0 unspecified atom stereocenters. The molecule has 3 rings (SSSR count). The lowest BCUT2D eigenvalue weighted by Gasteiger charge is -2.40. The number of rotatable bonds is 4. The summed E-state index contributed by atoms with van der Waals surface area (Å²) in [6.07, 6.45) is 4.56. The number of benzene rings is 1. The predicted octanol–water partition coefficient (Wildman–Crippen LogP) is 2.74. The highest BCUT2D eigenvalue weighted by atomic mass is 19.1. The number of amides is 1. The first-order valence-corrected chi connectivity index (χ1v) is 7.37. The summed E-state index contributed by atoms with van der Waals surface area (Å²) in [5.41, 5.74) is 0.838. The Morgan fingerprint density at radius 2 is 2.05 bits per heavy atom. The summed E-state index contributed by atoms with van der Waals surface area (Å²) in [6.45, 7) is 1.78. The lowest BCUT2D eigenvalue weighted by Crippen LogP contribution is -2.56. The number of halogens is 1. The van der Waals surface area contributed by atoms with Crippen LogP contribution < -0.4 is 0 Å². The third-order valence-corrected chi connectivity index (χ3v) is 4.24. The minimum Gasteiger partial charge on any atom is -0.370 e. The Kier molecular flexibility index (Phi) is 4.01. The van der Waals surface area contributed by atoms with E-state index in [0.29, 0.717) is 25.6 Å². The van der Waals surface area contributed by atoms with Crippen molar-refractivity contribution in [3.05, 3.63) is 35.6 Å². The van der Waals surface area contributed by atoms with Gasteiger partial charge in [0.25, 0.3) is 0 Å². The van der Waals surface area contributed by atoms with Gasteiger partial charge >= 0.3 is 0 Å². The molecule has 0 atom stereocenters. The normalized spacial score (nSPS) is 20.1. The van der Waals surface area contributed by atoms with Crippen LogP contribution in [-0.4, -0.2) is 30.0 Å². The molecule has 20 heavy (non-hydrogen) atoms. The third-order valence-electron chi connectivity index (χ3n) is 4.24. The monoisotopic (exact) mass is 277 g/mol. The van der Waals surface area contributed by atoms with Gasteiger partial charge in [-0.25, -0.2) is 4.39 Å². The summed E-state index contributed by atoms with van der Waals surface area (Å²) in [5, 5.41) is 0. The molecule has 0 bridgehead atoms. The number of likely N-dealkylation sites (tertiary alicyclic amines) is 1. The van der Waals surface area contributed by atoms with Crippen molar-refractivity contribution in [3.8, 4) is 0 Å². The first kappa shape index (κ1) is 13.6. The van der Waals surface area contributed by atoms with E-state index in [9.17, 15) is 9.18 Å². The van der Waals surface area contributed by atoms with Gasteiger partial charge in [-0.3, -0.25) is 4.79 Å². The molecule has 1 aliphatic carbocycles. The van der Waals surface area contributed by atoms with Crippen LogP contribution >= 0.6 is 0 Å². The van der Waals surface area contributed by atoms with Crippen molar-refractivity contribution in [2.75, 3.05) is 13.1 Å². The Morgan fingerprint density at radius 1 is 1.30 bits per heavy atom. The van der Waals surface area contributed by atoms with Gasteiger partial charge in [-0.15, -0.1) is 0 Å². The van der Waals surface area contributed by atoms with Crippen LogP contribution in [-0.2, 0) is 16.1 Å². The van der Waals surface area contributed by atoms with Crippen molar-refractivity contribution in [1.82, 2.24) is 4.90 Å². The molecule has 108 valence electrons. The Balaban J connectivity index is 1.41. The van der Waals surface area contributed by atoms with Crippen LogP contribution in [0, 0.1) is 11.7 Å². The van der Waals surface area contributed by atoms with Crippen molar-refractivity contribution in [1.29, 1.82) is 0 Å². The SMILES string of the molecule is O=C(C1CCCC1)N1CC(OCc2cccc(F)c2)C1. The molecule has 1 amide bonds. The van der Waals surface area contributed by atoms with E-state index in [1.807, 2.05) is 11.0 Å². The number of ether oxygens (including phenoxy) is 1. The van der Waals surface area contributed by atoms with Gasteiger partial charge in [0, 0.05) is 19.0 Å². The number of hydrogen-bond acceptors (Lipinski definition) is 2. The van der Waals surface area contributed by atoms with Gasteiger partial charge in [0.1, 0.15) is 5.82 Å². The molecule has 3 nitrogen and oxygen atoms in total. The van der Waals surface area contributed by atoms with Crippen LogP contribution in [0.15, 0.2) is 24.3 Å². The minimum absolute atomic E-state index is 0.101. The number of hydrogen-bond donors (Lipinski definition) is 0. The van der Waals surface area contributed by atoms with E-state index < -0.39 is 0 Å². The fraction of sp³-hybridized carbons (Fsp3) is 0.562. The van der Waals surface area contributed by atoms with Gasteiger partial charge in [0.05, 0.1) is 12.7 Å². The molecule has 1 saturated carbocycles. The van der Waals surface area contributed by atoms with Gasteiger partial charge in [0.15, 0.2) is 0 Å². The van der Waals surface area contributed by atoms with Crippen molar-refractivity contribution >= 4 is 5.91 Å². The van der Waals surface area contributed by atoms with E-state index >= 15 is 0 Å². The molecule has 4 heteroatoms. The zero-order valence-electron chi connectivity index (χ0n) is 11.6. The van der Waals surface area contributed by atoms with Crippen LogP contribution in [0.3, 0.4) is 0 Å². The van der Waals surface area contributed by atoms with Gasteiger partial charge in [0.2, 0.25) is 5.91 Å². The molecule has 2 fully saturated rings. The molecular formula is C16H20FNO2. The summed E-state index contributed by atoms with van der Waals surface area (Å²) >= 11 is 0. The van der Waals surface area contributed by atoms with Crippen molar-refractivity contribution in [3.63, 3.8) is 0 Å². The fourth-order valence-electron chi connectivity index (χ4n) is 3.00. The second kappa shape index (κ2) is 5.92. The molecule has 1 aliphatic heterocycles. The molecule has 1 aromatic rings. The highest BCUT2D eigenvalue weighted by Crippen LogP contribution is 2.28. The maximum absolute atomic E-state index is 13.0. The molecule has 1 heterocycles. The Bertz CT molecular complexity index is 479. The predicted molar refractivity (Wildman–Crippen MR) is 73.5 cm³/mol. The largest absolute Gasteiger partial charge is 0.370 e. The Labute approximate surface area is 118 Å². The molecule has 0 N–H and O–H groups in total. The van der Waals surface area contributed by atoms with Gasteiger partial charge in [-0.05, 0) is 30.5 Å². The van der Waals surface area contributed by atoms with E-state index in [1.54, 1.807) is 6.07 Å². The first-order chi connectivity index (χ1) is 9.72. The van der Waals surface area contributed by atoms with Crippen LogP contribution in [0.1, 0.15) is 31.2 Å². The van der Waals surface area contributed by atoms with Crippen molar-refractivity contribution < 1.29 is 13.9 Å². The van der Waals surface area contributed by atoms with Crippen LogP contribution in [0.4, 0.5) is 4.39 Å². The van der Waals surface area contributed by atoms with E-state index in [1.165, 1.54) is 25.0 Å². The molecule has 1 saturated heterocycles. The average molecular weight is 277 g/mol. The number of carbonyl (C=O) groups is 1. The van der Waals surface area contributed by atoms with Gasteiger partial charge < -0.3 is 9.64 Å². The highest BCUT2D eigenvalue weighted by molar-refractivity contribution is 5.80.